The average Bonchev–Trinajstić information content (AvgIpc) is 2.65. The first-order chi connectivity index (χ1) is 6.95. The lowest BCUT2D eigenvalue weighted by Gasteiger charge is -2.14. The molecule has 0 radical (unpaired) electrons. The molecule has 1 aliphatic rings. The number of hydrogen-bond acceptors (Lipinski definition) is 6. The van der Waals surface area contributed by atoms with Crippen LogP contribution in [-0.4, -0.2) is 52.7 Å². The molecule has 0 atom stereocenters. The summed E-state index contributed by atoms with van der Waals surface area (Å²) in [4.78, 5) is 4.41. The van der Waals surface area contributed by atoms with Crippen LogP contribution in [-0.2, 0) is 18.8 Å². The predicted octanol–water partition coefficient (Wildman–Crippen LogP) is 0.206. The summed E-state index contributed by atoms with van der Waals surface area (Å²) in [5.74, 6) is 0. The SMILES string of the molecule is CCN1C=CN(C)C1.COS(=O)(=O)OC. The highest BCUT2D eigenvalue weighted by Gasteiger charge is 2.03. The number of nitrogens with zero attached hydrogens (tertiary/aromatic N) is 2. The van der Waals surface area contributed by atoms with Crippen LogP contribution in [0, 0.1) is 0 Å². The van der Waals surface area contributed by atoms with E-state index in [9.17, 15) is 8.42 Å². The van der Waals surface area contributed by atoms with Crippen molar-refractivity contribution in [2.24, 2.45) is 0 Å². The van der Waals surface area contributed by atoms with Crippen molar-refractivity contribution in [1.82, 2.24) is 9.80 Å². The molecule has 0 aromatic carbocycles. The molecule has 15 heavy (non-hydrogen) atoms. The number of hydrogen-bond donors (Lipinski definition) is 0. The van der Waals surface area contributed by atoms with Gasteiger partial charge in [0, 0.05) is 26.0 Å². The van der Waals surface area contributed by atoms with Gasteiger partial charge in [0.05, 0.1) is 20.9 Å². The van der Waals surface area contributed by atoms with Gasteiger partial charge in [-0.1, -0.05) is 0 Å². The van der Waals surface area contributed by atoms with E-state index in [4.69, 9.17) is 0 Å². The van der Waals surface area contributed by atoms with Gasteiger partial charge in [-0.2, -0.15) is 8.42 Å². The van der Waals surface area contributed by atoms with E-state index < -0.39 is 10.4 Å². The highest BCUT2D eigenvalue weighted by Crippen LogP contribution is 2.00. The van der Waals surface area contributed by atoms with Gasteiger partial charge in [-0.3, -0.25) is 8.37 Å². The van der Waals surface area contributed by atoms with Gasteiger partial charge in [-0.05, 0) is 6.92 Å². The van der Waals surface area contributed by atoms with E-state index in [1.807, 2.05) is 0 Å². The first-order valence-corrected chi connectivity index (χ1v) is 5.77. The van der Waals surface area contributed by atoms with Gasteiger partial charge in [0.25, 0.3) is 0 Å². The molecule has 0 aromatic heterocycles. The van der Waals surface area contributed by atoms with Gasteiger partial charge < -0.3 is 9.80 Å². The van der Waals surface area contributed by atoms with Crippen LogP contribution < -0.4 is 0 Å². The van der Waals surface area contributed by atoms with Gasteiger partial charge in [0.2, 0.25) is 0 Å². The van der Waals surface area contributed by atoms with E-state index in [1.54, 1.807) is 0 Å². The zero-order valence-electron chi connectivity index (χ0n) is 9.50. The second-order valence-corrected chi connectivity index (χ2v) is 4.33. The van der Waals surface area contributed by atoms with E-state index in [0.29, 0.717) is 0 Å². The summed E-state index contributed by atoms with van der Waals surface area (Å²) in [6, 6.07) is 0. The van der Waals surface area contributed by atoms with Crippen LogP contribution in [0.5, 0.6) is 0 Å². The minimum Gasteiger partial charge on any atom is -0.362 e. The molecule has 0 bridgehead atoms. The quantitative estimate of drug-likeness (QED) is 0.700. The second kappa shape index (κ2) is 6.65. The molecule has 90 valence electrons. The topological polar surface area (TPSA) is 59.1 Å². The lowest BCUT2D eigenvalue weighted by molar-refractivity contribution is 0.286. The molecule has 6 nitrogen and oxygen atoms in total. The zero-order chi connectivity index (χ0) is 11.9. The molecule has 0 amide bonds. The van der Waals surface area contributed by atoms with Gasteiger partial charge in [0.15, 0.2) is 0 Å². The Kier molecular flexibility index (Phi) is 6.30. The molecule has 0 unspecified atom stereocenters. The van der Waals surface area contributed by atoms with Gasteiger partial charge in [0.1, 0.15) is 0 Å². The monoisotopic (exact) mass is 238 g/mol. The highest BCUT2D eigenvalue weighted by molar-refractivity contribution is 7.81. The van der Waals surface area contributed by atoms with Crippen LogP contribution in [0.3, 0.4) is 0 Å². The molecule has 0 saturated heterocycles. The predicted molar refractivity (Wildman–Crippen MR) is 57.1 cm³/mol. The maximum atomic E-state index is 9.92. The molecular formula is C8H18N2O4S. The summed E-state index contributed by atoms with van der Waals surface area (Å²) in [7, 11) is 0.471. The molecule has 7 heteroatoms. The van der Waals surface area contributed by atoms with E-state index in [-0.39, 0.29) is 0 Å². The Morgan fingerprint density at radius 2 is 1.80 bits per heavy atom. The average molecular weight is 238 g/mol. The van der Waals surface area contributed by atoms with Crippen LogP contribution in [0.25, 0.3) is 0 Å². The van der Waals surface area contributed by atoms with Crippen molar-refractivity contribution >= 4 is 10.4 Å². The Morgan fingerprint density at radius 1 is 1.27 bits per heavy atom. The molecule has 1 rings (SSSR count). The molecule has 0 aromatic rings. The Morgan fingerprint density at radius 3 is 1.93 bits per heavy atom. The molecule has 1 aliphatic heterocycles. The minimum absolute atomic E-state index is 1.03. The fourth-order valence-electron chi connectivity index (χ4n) is 0.862. The van der Waals surface area contributed by atoms with Crippen molar-refractivity contribution in [2.45, 2.75) is 6.92 Å². The summed E-state index contributed by atoms with van der Waals surface area (Å²) < 4.78 is 27.5. The molecular weight excluding hydrogens is 220 g/mol. The zero-order valence-corrected chi connectivity index (χ0v) is 10.3. The maximum absolute atomic E-state index is 9.92. The third-order valence-corrected chi connectivity index (χ3v) is 2.57. The summed E-state index contributed by atoms with van der Waals surface area (Å²) >= 11 is 0. The first kappa shape index (κ1) is 14.2. The third-order valence-electron chi connectivity index (χ3n) is 1.75. The van der Waals surface area contributed by atoms with E-state index in [1.165, 1.54) is 0 Å². The Bertz CT molecular complexity index is 279. The van der Waals surface area contributed by atoms with Crippen molar-refractivity contribution in [2.75, 3.05) is 34.5 Å². The van der Waals surface area contributed by atoms with Crippen LogP contribution >= 0.6 is 0 Å². The standard InChI is InChI=1S/C6H12N2.C2H6O4S/c1-3-8-5-4-7(2)6-8;1-5-7(3,4)6-2/h4-5H,3,6H2,1-2H3;1-2H3. The van der Waals surface area contributed by atoms with Crippen LogP contribution in [0.4, 0.5) is 0 Å². The maximum Gasteiger partial charge on any atom is 0.399 e. The van der Waals surface area contributed by atoms with Gasteiger partial charge in [-0.15, -0.1) is 0 Å². The molecule has 0 saturated carbocycles. The van der Waals surface area contributed by atoms with E-state index in [0.717, 1.165) is 27.4 Å². The van der Waals surface area contributed by atoms with Gasteiger partial charge in [-0.25, -0.2) is 0 Å². The molecule has 0 spiro atoms. The van der Waals surface area contributed by atoms with E-state index >= 15 is 0 Å². The summed E-state index contributed by atoms with van der Waals surface area (Å²) in [6.45, 7) is 4.32. The van der Waals surface area contributed by atoms with Crippen molar-refractivity contribution in [3.8, 4) is 0 Å². The lowest BCUT2D eigenvalue weighted by atomic mass is 10.6. The van der Waals surface area contributed by atoms with Crippen LogP contribution in [0.1, 0.15) is 6.92 Å². The Labute approximate surface area is 91.4 Å². The Balaban J connectivity index is 0.000000265. The first-order valence-electron chi connectivity index (χ1n) is 4.44. The largest absolute Gasteiger partial charge is 0.399 e. The van der Waals surface area contributed by atoms with Crippen molar-refractivity contribution in [3.63, 3.8) is 0 Å². The fourth-order valence-corrected chi connectivity index (χ4v) is 0.998. The summed E-state index contributed by atoms with van der Waals surface area (Å²) in [5.41, 5.74) is 0. The van der Waals surface area contributed by atoms with Gasteiger partial charge >= 0.3 is 10.4 Å². The Hall–Kier alpha value is -0.790. The fraction of sp³-hybridized carbons (Fsp3) is 0.750. The van der Waals surface area contributed by atoms with Crippen molar-refractivity contribution < 1.29 is 16.8 Å². The summed E-state index contributed by atoms with van der Waals surface area (Å²) in [5, 5.41) is 0. The molecule has 0 fully saturated rings. The number of rotatable bonds is 3. The molecule has 1 heterocycles. The lowest BCUT2D eigenvalue weighted by Crippen LogP contribution is -2.21. The smallest absolute Gasteiger partial charge is 0.362 e. The molecule has 0 aliphatic carbocycles. The third kappa shape index (κ3) is 6.32. The van der Waals surface area contributed by atoms with Crippen LogP contribution in [0.2, 0.25) is 0 Å². The van der Waals surface area contributed by atoms with E-state index in [2.05, 4.69) is 44.5 Å². The second-order valence-electron chi connectivity index (χ2n) is 2.84. The normalized spacial score (nSPS) is 15.2. The molecule has 0 N–H and O–H groups in total. The van der Waals surface area contributed by atoms with Crippen LogP contribution in [0.15, 0.2) is 12.4 Å². The minimum atomic E-state index is -3.66. The van der Waals surface area contributed by atoms with Crippen molar-refractivity contribution in [1.29, 1.82) is 0 Å². The highest BCUT2D eigenvalue weighted by atomic mass is 32.3. The van der Waals surface area contributed by atoms with Crippen molar-refractivity contribution in [3.05, 3.63) is 12.4 Å². The summed E-state index contributed by atoms with van der Waals surface area (Å²) in [6.07, 6.45) is 4.20.